The molecule has 1 heterocycles. The molecule has 1 aromatic rings. The fraction of sp³-hybridized carbons (Fsp3) is 0.600. The molecule has 0 unspecified atom stereocenters. The summed E-state index contributed by atoms with van der Waals surface area (Å²) < 4.78 is 0. The minimum Gasteiger partial charge on any atom is -0.311 e. The van der Waals surface area contributed by atoms with Crippen molar-refractivity contribution in [3.63, 3.8) is 0 Å². The van der Waals surface area contributed by atoms with Gasteiger partial charge in [0.1, 0.15) is 0 Å². The van der Waals surface area contributed by atoms with Gasteiger partial charge in [0.15, 0.2) is 0 Å². The van der Waals surface area contributed by atoms with Crippen LogP contribution in [0.1, 0.15) is 37.3 Å². The number of nitrogens with one attached hydrogen (secondary N) is 1. The molecule has 0 fully saturated rings. The van der Waals surface area contributed by atoms with Crippen molar-refractivity contribution in [3.05, 3.63) is 35.4 Å². The third-order valence-corrected chi connectivity index (χ3v) is 3.51. The molecule has 2 nitrogen and oxygen atoms in total. The van der Waals surface area contributed by atoms with Gasteiger partial charge < -0.3 is 5.32 Å². The highest BCUT2D eigenvalue weighted by molar-refractivity contribution is 5.27. The molecule has 17 heavy (non-hydrogen) atoms. The molecule has 0 aliphatic carbocycles. The third-order valence-electron chi connectivity index (χ3n) is 3.51. The number of benzene rings is 1. The Morgan fingerprint density at radius 2 is 2.00 bits per heavy atom. The number of hydrogen-bond donors (Lipinski definition) is 1. The fourth-order valence-electron chi connectivity index (χ4n) is 2.44. The molecule has 1 aromatic carbocycles. The van der Waals surface area contributed by atoms with Crippen molar-refractivity contribution >= 4 is 0 Å². The quantitative estimate of drug-likeness (QED) is 0.803. The molecular weight excluding hydrogens is 208 g/mol. The van der Waals surface area contributed by atoms with Crippen LogP contribution < -0.4 is 5.32 Å². The molecule has 0 bridgehead atoms. The third kappa shape index (κ3) is 3.83. The first-order valence-electron chi connectivity index (χ1n) is 6.90. The predicted octanol–water partition coefficient (Wildman–Crippen LogP) is 2.78. The van der Waals surface area contributed by atoms with E-state index in [9.17, 15) is 0 Å². The van der Waals surface area contributed by atoms with Gasteiger partial charge in [0.2, 0.25) is 0 Å². The van der Waals surface area contributed by atoms with Crippen LogP contribution in [0.3, 0.4) is 0 Å². The molecule has 0 saturated carbocycles. The summed E-state index contributed by atoms with van der Waals surface area (Å²) in [5.41, 5.74) is 2.96. The van der Waals surface area contributed by atoms with Crippen molar-refractivity contribution in [2.75, 3.05) is 19.6 Å². The van der Waals surface area contributed by atoms with Crippen molar-refractivity contribution in [1.29, 1.82) is 0 Å². The van der Waals surface area contributed by atoms with E-state index in [4.69, 9.17) is 0 Å². The SMILES string of the molecule is CCCCCN1CCNCc2ccccc2C1. The first kappa shape index (κ1) is 12.6. The summed E-state index contributed by atoms with van der Waals surface area (Å²) >= 11 is 0. The Bertz CT molecular complexity index is 335. The van der Waals surface area contributed by atoms with Crippen LogP contribution in [0.15, 0.2) is 24.3 Å². The summed E-state index contributed by atoms with van der Waals surface area (Å²) in [6.45, 7) is 7.95. The smallest absolute Gasteiger partial charge is 0.0237 e. The van der Waals surface area contributed by atoms with Gasteiger partial charge >= 0.3 is 0 Å². The van der Waals surface area contributed by atoms with E-state index in [0.29, 0.717) is 0 Å². The lowest BCUT2D eigenvalue weighted by atomic mass is 10.1. The van der Waals surface area contributed by atoms with Gasteiger partial charge in [-0.3, -0.25) is 4.90 Å². The Labute approximate surface area is 105 Å². The summed E-state index contributed by atoms with van der Waals surface area (Å²) in [5, 5.41) is 3.52. The summed E-state index contributed by atoms with van der Waals surface area (Å²) in [4.78, 5) is 2.58. The normalized spacial score (nSPS) is 17.2. The molecule has 1 N–H and O–H groups in total. The number of hydrogen-bond acceptors (Lipinski definition) is 2. The van der Waals surface area contributed by atoms with E-state index >= 15 is 0 Å². The highest BCUT2D eigenvalue weighted by atomic mass is 15.1. The van der Waals surface area contributed by atoms with Gasteiger partial charge in [-0.1, -0.05) is 44.0 Å². The summed E-state index contributed by atoms with van der Waals surface area (Å²) in [5.74, 6) is 0. The minimum absolute atomic E-state index is 1.03. The average molecular weight is 232 g/mol. The Morgan fingerprint density at radius 1 is 1.18 bits per heavy atom. The van der Waals surface area contributed by atoms with Crippen LogP contribution in [0.4, 0.5) is 0 Å². The van der Waals surface area contributed by atoms with Crippen molar-refractivity contribution in [2.24, 2.45) is 0 Å². The monoisotopic (exact) mass is 232 g/mol. The molecule has 1 aliphatic rings. The van der Waals surface area contributed by atoms with E-state index < -0.39 is 0 Å². The summed E-state index contributed by atoms with van der Waals surface area (Å²) in [6.07, 6.45) is 3.99. The molecule has 0 amide bonds. The summed E-state index contributed by atoms with van der Waals surface area (Å²) in [7, 11) is 0. The highest BCUT2D eigenvalue weighted by Crippen LogP contribution is 2.14. The highest BCUT2D eigenvalue weighted by Gasteiger charge is 2.11. The van der Waals surface area contributed by atoms with Crippen molar-refractivity contribution < 1.29 is 0 Å². The molecule has 0 spiro atoms. The zero-order valence-electron chi connectivity index (χ0n) is 10.9. The maximum absolute atomic E-state index is 3.52. The van der Waals surface area contributed by atoms with Gasteiger partial charge in [0.25, 0.3) is 0 Å². The Balaban J connectivity index is 1.97. The van der Waals surface area contributed by atoms with Gasteiger partial charge in [0.05, 0.1) is 0 Å². The van der Waals surface area contributed by atoms with Gasteiger partial charge in [-0.2, -0.15) is 0 Å². The van der Waals surface area contributed by atoms with Crippen LogP contribution in [-0.2, 0) is 13.1 Å². The van der Waals surface area contributed by atoms with E-state index in [1.807, 2.05) is 0 Å². The van der Waals surface area contributed by atoms with Crippen molar-refractivity contribution in [2.45, 2.75) is 39.3 Å². The molecule has 1 aliphatic heterocycles. The Hall–Kier alpha value is -0.860. The lowest BCUT2D eigenvalue weighted by Gasteiger charge is -2.26. The second-order valence-corrected chi connectivity index (χ2v) is 4.93. The molecule has 2 heteroatoms. The maximum atomic E-state index is 3.52. The van der Waals surface area contributed by atoms with Gasteiger partial charge in [-0.25, -0.2) is 0 Å². The van der Waals surface area contributed by atoms with Gasteiger partial charge in [0, 0.05) is 26.2 Å². The van der Waals surface area contributed by atoms with Crippen LogP contribution in [0, 0.1) is 0 Å². The second kappa shape index (κ2) is 6.77. The van der Waals surface area contributed by atoms with E-state index in [1.165, 1.54) is 43.5 Å². The predicted molar refractivity (Wildman–Crippen MR) is 73.0 cm³/mol. The van der Waals surface area contributed by atoms with Gasteiger partial charge in [-0.05, 0) is 24.1 Å². The van der Waals surface area contributed by atoms with Crippen molar-refractivity contribution in [1.82, 2.24) is 10.2 Å². The fourth-order valence-corrected chi connectivity index (χ4v) is 2.44. The number of fused-ring (bicyclic) bond motifs is 1. The zero-order valence-corrected chi connectivity index (χ0v) is 10.9. The Morgan fingerprint density at radius 3 is 2.82 bits per heavy atom. The first-order chi connectivity index (χ1) is 8.40. The first-order valence-corrected chi connectivity index (χ1v) is 6.90. The molecule has 2 rings (SSSR count). The minimum atomic E-state index is 1.03. The standard InChI is InChI=1S/C15H24N2/c1-2-3-6-10-17-11-9-16-12-14-7-4-5-8-15(14)13-17/h4-5,7-8,16H,2-3,6,9-13H2,1H3. The largest absolute Gasteiger partial charge is 0.311 e. The lowest BCUT2D eigenvalue weighted by Crippen LogP contribution is -2.35. The van der Waals surface area contributed by atoms with Gasteiger partial charge in [-0.15, -0.1) is 0 Å². The molecule has 0 saturated heterocycles. The van der Waals surface area contributed by atoms with E-state index in [2.05, 4.69) is 41.4 Å². The molecule has 0 aromatic heterocycles. The van der Waals surface area contributed by atoms with Crippen LogP contribution in [0.5, 0.6) is 0 Å². The topological polar surface area (TPSA) is 15.3 Å². The summed E-state index contributed by atoms with van der Waals surface area (Å²) in [6, 6.07) is 8.82. The van der Waals surface area contributed by atoms with Crippen molar-refractivity contribution in [3.8, 4) is 0 Å². The Kier molecular flexibility index (Phi) is 5.02. The van der Waals surface area contributed by atoms with E-state index in [-0.39, 0.29) is 0 Å². The second-order valence-electron chi connectivity index (χ2n) is 4.93. The lowest BCUT2D eigenvalue weighted by molar-refractivity contribution is 0.253. The van der Waals surface area contributed by atoms with Crippen LogP contribution >= 0.6 is 0 Å². The molecule has 0 radical (unpaired) electrons. The van der Waals surface area contributed by atoms with Crippen LogP contribution in [0.2, 0.25) is 0 Å². The average Bonchev–Trinajstić information content (AvgIpc) is 2.32. The molecule has 94 valence electrons. The maximum Gasteiger partial charge on any atom is 0.0237 e. The van der Waals surface area contributed by atoms with Crippen LogP contribution in [-0.4, -0.2) is 24.5 Å². The number of nitrogens with zero attached hydrogens (tertiary/aromatic N) is 1. The molecular formula is C15H24N2. The zero-order chi connectivity index (χ0) is 11.9. The van der Waals surface area contributed by atoms with Crippen LogP contribution in [0.25, 0.3) is 0 Å². The van der Waals surface area contributed by atoms with E-state index in [1.54, 1.807) is 0 Å². The van der Waals surface area contributed by atoms with E-state index in [0.717, 1.165) is 19.6 Å². The molecule has 0 atom stereocenters. The number of unbranched alkanes of at least 4 members (excludes halogenated alkanes) is 2. The number of rotatable bonds is 4.